The van der Waals surface area contributed by atoms with Crippen LogP contribution >= 0.6 is 0 Å². The maximum Gasteiger partial charge on any atom is 0.224 e. The van der Waals surface area contributed by atoms with Crippen LogP contribution in [-0.2, 0) is 6.42 Å². The maximum atomic E-state index is 9.85. The third-order valence-corrected chi connectivity index (χ3v) is 4.62. The van der Waals surface area contributed by atoms with Crippen LogP contribution in [0.3, 0.4) is 0 Å². The topological polar surface area (TPSA) is 120 Å². The fourth-order valence-corrected chi connectivity index (χ4v) is 2.64. The van der Waals surface area contributed by atoms with E-state index < -0.39 is 0 Å². The zero-order chi connectivity index (χ0) is 17.2. The van der Waals surface area contributed by atoms with Crippen LogP contribution in [0.15, 0.2) is 23.2 Å². The maximum absolute atomic E-state index is 9.85. The van der Waals surface area contributed by atoms with Crippen LogP contribution in [0.4, 0.5) is 11.8 Å². The highest BCUT2D eigenvalue weighted by atomic mass is 16.5. The number of anilines is 2. The summed E-state index contributed by atoms with van der Waals surface area (Å²) in [6, 6.07) is 2.16. The van der Waals surface area contributed by atoms with Crippen molar-refractivity contribution in [1.82, 2.24) is 15.1 Å². The van der Waals surface area contributed by atoms with Crippen LogP contribution in [0.2, 0.25) is 0 Å². The Labute approximate surface area is 139 Å². The molecule has 0 aliphatic heterocycles. The van der Waals surface area contributed by atoms with Gasteiger partial charge in [0.1, 0.15) is 23.7 Å². The molecule has 0 saturated heterocycles. The molecule has 0 bridgehead atoms. The van der Waals surface area contributed by atoms with Gasteiger partial charge in [-0.25, -0.2) is 4.98 Å². The van der Waals surface area contributed by atoms with E-state index in [4.69, 9.17) is 4.52 Å². The molecule has 24 heavy (non-hydrogen) atoms. The average Bonchev–Trinajstić information content (AvgIpc) is 3.08. The van der Waals surface area contributed by atoms with E-state index in [0.717, 1.165) is 12.0 Å². The van der Waals surface area contributed by atoms with Gasteiger partial charge in [-0.15, -0.1) is 0 Å². The van der Waals surface area contributed by atoms with Crippen LogP contribution in [0.5, 0.6) is 0 Å². The van der Waals surface area contributed by atoms with E-state index in [1.165, 1.54) is 6.20 Å². The Hall–Kier alpha value is -2.66. The molecule has 0 unspecified atom stereocenters. The third kappa shape index (κ3) is 3.16. The molecule has 8 nitrogen and oxygen atoms in total. The van der Waals surface area contributed by atoms with Gasteiger partial charge in [-0.05, 0) is 12.8 Å². The average molecular weight is 328 g/mol. The molecule has 2 atom stereocenters. The molecule has 1 aliphatic rings. The van der Waals surface area contributed by atoms with Gasteiger partial charge in [-0.1, -0.05) is 19.0 Å². The number of hydrogen-bond acceptors (Lipinski definition) is 8. The van der Waals surface area contributed by atoms with Crippen LogP contribution in [0.1, 0.15) is 31.4 Å². The number of rotatable bonds is 6. The van der Waals surface area contributed by atoms with Crippen molar-refractivity contribution in [2.45, 2.75) is 38.8 Å². The Morgan fingerprint density at radius 2 is 2.29 bits per heavy atom. The van der Waals surface area contributed by atoms with E-state index in [2.05, 4.69) is 31.8 Å². The Kier molecular flexibility index (Phi) is 4.36. The summed E-state index contributed by atoms with van der Waals surface area (Å²) < 4.78 is 4.78. The zero-order valence-corrected chi connectivity index (χ0v) is 13.7. The first-order chi connectivity index (χ1) is 11.5. The number of aliphatic hydroxyl groups excluding tert-OH is 1. The van der Waals surface area contributed by atoms with Crippen molar-refractivity contribution in [3.63, 3.8) is 0 Å². The Morgan fingerprint density at radius 3 is 2.92 bits per heavy atom. The van der Waals surface area contributed by atoms with E-state index in [9.17, 15) is 10.4 Å². The number of nitrogens with one attached hydrogen (secondary N) is 2. The lowest BCUT2D eigenvalue weighted by Crippen LogP contribution is -2.57. The molecule has 2 heterocycles. The first-order valence-corrected chi connectivity index (χ1v) is 7.84. The Morgan fingerprint density at radius 1 is 1.46 bits per heavy atom. The summed E-state index contributed by atoms with van der Waals surface area (Å²) in [7, 11) is 0. The molecule has 8 heteroatoms. The summed E-state index contributed by atoms with van der Waals surface area (Å²) in [4.78, 5) is 8.56. The largest absolute Gasteiger partial charge is 0.392 e. The molecule has 1 saturated carbocycles. The zero-order valence-electron chi connectivity index (χ0n) is 13.7. The molecule has 0 spiro atoms. The van der Waals surface area contributed by atoms with Crippen molar-refractivity contribution in [1.29, 1.82) is 5.26 Å². The standard InChI is InChI=1S/C16H20N6O2/c1-16(2)12(5-13(16)23)21-14-11(6-17)8-19-15(22-14)18-4-3-10-7-20-24-9-10/h7-9,12-13,23H,3-5H2,1-2H3,(H2,18,19,21,22)/t12-,13+/m1/s1. The first-order valence-electron chi connectivity index (χ1n) is 7.84. The third-order valence-electron chi connectivity index (χ3n) is 4.62. The lowest BCUT2D eigenvalue weighted by molar-refractivity contribution is -0.0511. The predicted molar refractivity (Wildman–Crippen MR) is 87.3 cm³/mol. The summed E-state index contributed by atoms with van der Waals surface area (Å²) in [5.74, 6) is 0.940. The van der Waals surface area contributed by atoms with Gasteiger partial charge in [-0.3, -0.25) is 0 Å². The second kappa shape index (κ2) is 6.45. The normalized spacial score (nSPS) is 21.6. The second-order valence-corrected chi connectivity index (χ2v) is 6.55. The lowest BCUT2D eigenvalue weighted by Gasteiger charge is -2.49. The quantitative estimate of drug-likeness (QED) is 0.731. The summed E-state index contributed by atoms with van der Waals surface area (Å²) in [5, 5.41) is 29.1. The SMILES string of the molecule is CC1(C)[C@@H](O)C[C@H]1Nc1nc(NCCc2cnoc2)ncc1C#N. The van der Waals surface area contributed by atoms with Crippen molar-refractivity contribution in [2.75, 3.05) is 17.2 Å². The van der Waals surface area contributed by atoms with Crippen molar-refractivity contribution in [2.24, 2.45) is 5.41 Å². The fraction of sp³-hybridized carbons (Fsp3) is 0.500. The summed E-state index contributed by atoms with van der Waals surface area (Å²) in [5.41, 5.74) is 1.12. The van der Waals surface area contributed by atoms with E-state index in [0.29, 0.717) is 30.3 Å². The van der Waals surface area contributed by atoms with Gasteiger partial charge in [0.25, 0.3) is 0 Å². The molecule has 2 aromatic heterocycles. The van der Waals surface area contributed by atoms with Crippen LogP contribution in [0.25, 0.3) is 0 Å². The molecule has 1 aliphatic carbocycles. The van der Waals surface area contributed by atoms with E-state index in [1.54, 1.807) is 12.5 Å². The van der Waals surface area contributed by atoms with Gasteiger partial charge in [-0.2, -0.15) is 10.2 Å². The molecular weight excluding hydrogens is 308 g/mol. The first kappa shape index (κ1) is 16.2. The summed E-state index contributed by atoms with van der Waals surface area (Å²) in [6.07, 6.45) is 5.79. The monoisotopic (exact) mass is 328 g/mol. The number of nitriles is 1. The van der Waals surface area contributed by atoms with E-state index in [-0.39, 0.29) is 17.6 Å². The molecule has 3 rings (SSSR count). The van der Waals surface area contributed by atoms with Crippen molar-refractivity contribution < 1.29 is 9.63 Å². The fourth-order valence-electron chi connectivity index (χ4n) is 2.64. The van der Waals surface area contributed by atoms with Crippen LogP contribution < -0.4 is 10.6 Å². The molecular formula is C16H20N6O2. The van der Waals surface area contributed by atoms with Crippen molar-refractivity contribution >= 4 is 11.8 Å². The van der Waals surface area contributed by atoms with Crippen molar-refractivity contribution in [3.8, 4) is 6.07 Å². The minimum Gasteiger partial charge on any atom is -0.392 e. The molecule has 0 aromatic carbocycles. The highest BCUT2D eigenvalue weighted by Gasteiger charge is 2.47. The van der Waals surface area contributed by atoms with E-state index >= 15 is 0 Å². The lowest BCUT2D eigenvalue weighted by atomic mass is 9.64. The number of hydrogen-bond donors (Lipinski definition) is 3. The predicted octanol–water partition coefficient (Wildman–Crippen LogP) is 1.56. The summed E-state index contributed by atoms with van der Waals surface area (Å²) in [6.45, 7) is 4.61. The molecule has 0 amide bonds. The van der Waals surface area contributed by atoms with E-state index in [1.807, 2.05) is 13.8 Å². The molecule has 126 valence electrons. The minimum atomic E-state index is -0.344. The smallest absolute Gasteiger partial charge is 0.224 e. The van der Waals surface area contributed by atoms with Crippen molar-refractivity contribution in [3.05, 3.63) is 29.8 Å². The van der Waals surface area contributed by atoms with Gasteiger partial charge in [0.05, 0.1) is 18.5 Å². The molecule has 0 radical (unpaired) electrons. The van der Waals surface area contributed by atoms with Gasteiger partial charge in [0.15, 0.2) is 0 Å². The highest BCUT2D eigenvalue weighted by Crippen LogP contribution is 2.42. The minimum absolute atomic E-state index is 0.0688. The van der Waals surface area contributed by atoms with Gasteiger partial charge >= 0.3 is 0 Å². The molecule has 3 N–H and O–H groups in total. The van der Waals surface area contributed by atoms with Gasteiger partial charge < -0.3 is 20.3 Å². The van der Waals surface area contributed by atoms with Gasteiger partial charge in [0.2, 0.25) is 5.95 Å². The number of nitrogens with zero attached hydrogens (tertiary/aromatic N) is 4. The summed E-state index contributed by atoms with van der Waals surface area (Å²) >= 11 is 0. The Bertz CT molecular complexity index is 738. The second-order valence-electron chi connectivity index (χ2n) is 6.55. The van der Waals surface area contributed by atoms with Gasteiger partial charge in [0, 0.05) is 23.6 Å². The van der Waals surface area contributed by atoms with Crippen LogP contribution in [-0.4, -0.2) is 38.9 Å². The molecule has 2 aromatic rings. The van der Waals surface area contributed by atoms with Crippen LogP contribution in [0, 0.1) is 16.7 Å². The number of aliphatic hydroxyl groups is 1. The Balaban J connectivity index is 1.66. The molecule has 1 fully saturated rings. The highest BCUT2D eigenvalue weighted by molar-refractivity contribution is 5.54. The number of aromatic nitrogens is 3.